The maximum atomic E-state index is 12.9. The molecule has 0 saturated heterocycles. The number of carbonyl (C=O) groups is 1. The van der Waals surface area contributed by atoms with Gasteiger partial charge >= 0.3 is 12.1 Å². The second-order valence-electron chi connectivity index (χ2n) is 5.08. The summed E-state index contributed by atoms with van der Waals surface area (Å²) in [6, 6.07) is 3.23. The fourth-order valence-corrected chi connectivity index (χ4v) is 2.58. The maximum absolute atomic E-state index is 12.9. The summed E-state index contributed by atoms with van der Waals surface area (Å²) in [6.07, 6.45) is -2.20. The van der Waals surface area contributed by atoms with E-state index in [1.807, 2.05) is 0 Å². The Morgan fingerprint density at radius 2 is 2.10 bits per heavy atom. The third-order valence-electron chi connectivity index (χ3n) is 3.64. The zero-order valence-corrected chi connectivity index (χ0v) is 11.4. The zero-order chi connectivity index (χ0) is 15.6. The molecule has 2 N–H and O–H groups in total. The largest absolute Gasteiger partial charge is 0.478 e. The molecule has 0 radical (unpaired) electrons. The van der Waals surface area contributed by atoms with Crippen LogP contribution < -0.4 is 5.32 Å². The van der Waals surface area contributed by atoms with Gasteiger partial charge in [-0.3, -0.25) is 0 Å². The van der Waals surface area contributed by atoms with E-state index in [-0.39, 0.29) is 17.8 Å². The van der Waals surface area contributed by atoms with Gasteiger partial charge in [-0.25, -0.2) is 4.79 Å². The highest BCUT2D eigenvalue weighted by Gasteiger charge is 2.36. The highest BCUT2D eigenvalue weighted by atomic mass is 19.4. The normalized spacial score (nSPS) is 22.3. The third-order valence-corrected chi connectivity index (χ3v) is 3.64. The van der Waals surface area contributed by atoms with Crippen LogP contribution >= 0.6 is 0 Å². The molecule has 0 aromatic heterocycles. The summed E-state index contributed by atoms with van der Waals surface area (Å²) >= 11 is 0. The van der Waals surface area contributed by atoms with Crippen molar-refractivity contribution < 1.29 is 27.8 Å². The van der Waals surface area contributed by atoms with Crippen molar-refractivity contribution in [1.82, 2.24) is 0 Å². The molecule has 0 aliphatic heterocycles. The average molecular weight is 303 g/mol. The number of methoxy groups -OCH3 is 1. The van der Waals surface area contributed by atoms with Crippen molar-refractivity contribution in [3.8, 4) is 0 Å². The molecule has 1 fully saturated rings. The lowest BCUT2D eigenvalue weighted by molar-refractivity contribution is -0.138. The number of nitrogens with one attached hydrogen (secondary N) is 1. The number of halogens is 3. The van der Waals surface area contributed by atoms with Crippen LogP contribution in [0.2, 0.25) is 0 Å². The summed E-state index contributed by atoms with van der Waals surface area (Å²) in [5.41, 5.74) is -1.61. The fraction of sp³-hybridized carbons (Fsp3) is 0.500. The van der Waals surface area contributed by atoms with Crippen LogP contribution in [-0.2, 0) is 10.9 Å². The van der Waals surface area contributed by atoms with Crippen LogP contribution in [0.1, 0.15) is 35.2 Å². The Kier molecular flexibility index (Phi) is 4.41. The number of benzene rings is 1. The highest BCUT2D eigenvalue weighted by molar-refractivity contribution is 5.90. The molecule has 2 rings (SSSR count). The van der Waals surface area contributed by atoms with E-state index in [0.29, 0.717) is 0 Å². The van der Waals surface area contributed by atoms with Gasteiger partial charge in [0.1, 0.15) is 0 Å². The third kappa shape index (κ3) is 3.66. The lowest BCUT2D eigenvalue weighted by Gasteiger charge is -2.17. The SMILES string of the molecule is COC1CCC(Nc2ccc(C(=O)O)c(C(F)(F)F)c2)C1. The predicted octanol–water partition coefficient (Wildman–Crippen LogP) is 3.38. The Balaban J connectivity index is 2.20. The van der Waals surface area contributed by atoms with Crippen LogP contribution in [0, 0.1) is 0 Å². The van der Waals surface area contributed by atoms with E-state index in [1.165, 1.54) is 6.07 Å². The van der Waals surface area contributed by atoms with Gasteiger partial charge in [0.2, 0.25) is 0 Å². The van der Waals surface area contributed by atoms with Crippen molar-refractivity contribution in [2.24, 2.45) is 0 Å². The summed E-state index contributed by atoms with van der Waals surface area (Å²) < 4.78 is 43.9. The molecule has 0 bridgehead atoms. The fourth-order valence-electron chi connectivity index (χ4n) is 2.58. The molecule has 21 heavy (non-hydrogen) atoms. The number of anilines is 1. The minimum Gasteiger partial charge on any atom is -0.478 e. The summed E-state index contributed by atoms with van der Waals surface area (Å²) in [7, 11) is 1.61. The van der Waals surface area contributed by atoms with Crippen LogP contribution in [0.15, 0.2) is 18.2 Å². The van der Waals surface area contributed by atoms with E-state index in [9.17, 15) is 18.0 Å². The topological polar surface area (TPSA) is 58.6 Å². The van der Waals surface area contributed by atoms with E-state index < -0.39 is 23.3 Å². The van der Waals surface area contributed by atoms with Crippen molar-refractivity contribution in [1.29, 1.82) is 0 Å². The Bertz CT molecular complexity index is 531. The molecular weight excluding hydrogens is 287 g/mol. The van der Waals surface area contributed by atoms with Gasteiger partial charge in [-0.05, 0) is 37.5 Å². The van der Waals surface area contributed by atoms with E-state index in [0.717, 1.165) is 31.4 Å². The van der Waals surface area contributed by atoms with Gasteiger partial charge in [0.25, 0.3) is 0 Å². The van der Waals surface area contributed by atoms with Crippen molar-refractivity contribution >= 4 is 11.7 Å². The molecule has 7 heteroatoms. The minimum atomic E-state index is -4.70. The number of hydrogen-bond donors (Lipinski definition) is 2. The highest BCUT2D eigenvalue weighted by Crippen LogP contribution is 2.34. The molecule has 0 spiro atoms. The number of carboxylic acid groups (broad SMARTS) is 1. The monoisotopic (exact) mass is 303 g/mol. The summed E-state index contributed by atoms with van der Waals surface area (Å²) in [5, 5.41) is 11.8. The average Bonchev–Trinajstić information content (AvgIpc) is 2.85. The van der Waals surface area contributed by atoms with Crippen molar-refractivity contribution in [2.45, 2.75) is 37.6 Å². The van der Waals surface area contributed by atoms with Gasteiger partial charge < -0.3 is 15.2 Å². The smallest absolute Gasteiger partial charge is 0.417 e. The molecule has 2 atom stereocenters. The molecule has 116 valence electrons. The Morgan fingerprint density at radius 1 is 1.38 bits per heavy atom. The molecule has 1 aromatic carbocycles. The first-order valence-corrected chi connectivity index (χ1v) is 6.55. The van der Waals surface area contributed by atoms with Crippen LogP contribution in [0.25, 0.3) is 0 Å². The quantitative estimate of drug-likeness (QED) is 0.895. The van der Waals surface area contributed by atoms with E-state index >= 15 is 0 Å². The lowest BCUT2D eigenvalue weighted by Crippen LogP contribution is -2.19. The second-order valence-corrected chi connectivity index (χ2v) is 5.08. The molecule has 4 nitrogen and oxygen atoms in total. The van der Waals surface area contributed by atoms with E-state index in [1.54, 1.807) is 7.11 Å². The summed E-state index contributed by atoms with van der Waals surface area (Å²) in [6.45, 7) is 0. The van der Waals surface area contributed by atoms with Crippen molar-refractivity contribution in [3.05, 3.63) is 29.3 Å². The number of alkyl halides is 3. The molecule has 2 unspecified atom stereocenters. The second kappa shape index (κ2) is 5.93. The van der Waals surface area contributed by atoms with Gasteiger partial charge in [0.15, 0.2) is 0 Å². The van der Waals surface area contributed by atoms with Crippen LogP contribution in [0.4, 0.5) is 18.9 Å². The number of carboxylic acids is 1. The molecule has 0 heterocycles. The minimum absolute atomic E-state index is 0.0340. The molecular formula is C14H16F3NO3. The molecule has 0 amide bonds. The first kappa shape index (κ1) is 15.6. The van der Waals surface area contributed by atoms with Crippen LogP contribution in [0.3, 0.4) is 0 Å². The van der Waals surface area contributed by atoms with Gasteiger partial charge in [-0.1, -0.05) is 0 Å². The van der Waals surface area contributed by atoms with Gasteiger partial charge in [-0.15, -0.1) is 0 Å². The number of rotatable bonds is 4. The standard InChI is InChI=1S/C14H16F3NO3/c1-21-10-4-2-8(6-10)18-9-3-5-11(13(19)20)12(7-9)14(15,16)17/h3,5,7-8,10,18H,2,4,6H2,1H3,(H,19,20). The Hall–Kier alpha value is -1.76. The summed E-state index contributed by atoms with van der Waals surface area (Å²) in [5.74, 6) is -1.59. The molecule has 1 saturated carbocycles. The van der Waals surface area contributed by atoms with E-state index in [2.05, 4.69) is 5.32 Å². The Labute approximate surface area is 119 Å². The first-order valence-electron chi connectivity index (χ1n) is 6.55. The maximum Gasteiger partial charge on any atom is 0.417 e. The molecule has 1 aliphatic carbocycles. The zero-order valence-electron chi connectivity index (χ0n) is 11.4. The molecule has 1 aromatic rings. The van der Waals surface area contributed by atoms with Crippen molar-refractivity contribution in [2.75, 3.05) is 12.4 Å². The van der Waals surface area contributed by atoms with E-state index in [4.69, 9.17) is 9.84 Å². The molecule has 1 aliphatic rings. The van der Waals surface area contributed by atoms with Gasteiger partial charge in [-0.2, -0.15) is 13.2 Å². The number of hydrogen-bond acceptors (Lipinski definition) is 3. The first-order chi connectivity index (χ1) is 9.81. The Morgan fingerprint density at radius 3 is 2.62 bits per heavy atom. The predicted molar refractivity (Wildman–Crippen MR) is 70.5 cm³/mol. The number of aromatic carboxylic acids is 1. The van der Waals surface area contributed by atoms with Gasteiger partial charge in [0.05, 0.1) is 17.2 Å². The van der Waals surface area contributed by atoms with Crippen molar-refractivity contribution in [3.63, 3.8) is 0 Å². The lowest BCUT2D eigenvalue weighted by atomic mass is 10.1. The van der Waals surface area contributed by atoms with Gasteiger partial charge in [0, 0.05) is 18.8 Å². The number of ether oxygens (including phenoxy) is 1. The van der Waals surface area contributed by atoms with Crippen LogP contribution in [-0.4, -0.2) is 30.3 Å². The van der Waals surface area contributed by atoms with Crippen LogP contribution in [0.5, 0.6) is 0 Å². The summed E-state index contributed by atoms with van der Waals surface area (Å²) in [4.78, 5) is 10.9.